The number of hydrogen-bond acceptors (Lipinski definition) is 1. The molecule has 0 aromatic carbocycles. The zero-order valence-electron chi connectivity index (χ0n) is 16.2. The Hall–Kier alpha value is -0.590. The van der Waals surface area contributed by atoms with Gasteiger partial charge >= 0.3 is 0 Å². The predicted octanol–water partition coefficient (Wildman–Crippen LogP) is 6.18. The van der Waals surface area contributed by atoms with Crippen molar-refractivity contribution in [2.24, 2.45) is 40.4 Å². The molecule has 0 spiro atoms. The number of rotatable bonds is 2. The maximum absolute atomic E-state index is 11.9. The minimum absolute atomic E-state index is 0.340. The highest BCUT2D eigenvalue weighted by Gasteiger charge is 2.59. The summed E-state index contributed by atoms with van der Waals surface area (Å²) in [7, 11) is 0. The molecule has 0 saturated heterocycles. The molecule has 4 aliphatic rings. The van der Waals surface area contributed by atoms with E-state index in [0.29, 0.717) is 16.6 Å². The van der Waals surface area contributed by atoms with Crippen molar-refractivity contribution in [3.8, 4) is 0 Å². The molecule has 1 nitrogen and oxygen atoms in total. The first-order chi connectivity index (χ1) is 11.4. The lowest BCUT2D eigenvalue weighted by Crippen LogP contribution is -2.50. The molecule has 0 bridgehead atoms. The van der Waals surface area contributed by atoms with Gasteiger partial charge in [0.15, 0.2) is 5.78 Å². The van der Waals surface area contributed by atoms with Gasteiger partial charge < -0.3 is 0 Å². The number of carbonyl (C=O) groups is 1. The smallest absolute Gasteiger partial charge is 0.155 e. The van der Waals surface area contributed by atoms with Crippen molar-refractivity contribution >= 4 is 5.78 Å². The highest BCUT2D eigenvalue weighted by atomic mass is 16.1. The van der Waals surface area contributed by atoms with Crippen LogP contribution in [0.15, 0.2) is 11.6 Å². The van der Waals surface area contributed by atoms with E-state index in [1.54, 1.807) is 0 Å². The largest absolute Gasteiger partial charge is 0.295 e. The Morgan fingerprint density at radius 2 is 1.88 bits per heavy atom. The van der Waals surface area contributed by atoms with E-state index >= 15 is 0 Å². The molecule has 7 atom stereocenters. The summed E-state index contributed by atoms with van der Waals surface area (Å²) in [5.41, 5.74) is 2.45. The summed E-state index contributed by atoms with van der Waals surface area (Å²) in [5.74, 6) is 4.95. The Morgan fingerprint density at radius 1 is 1.08 bits per heavy atom. The van der Waals surface area contributed by atoms with Crippen LogP contribution in [0.1, 0.15) is 85.5 Å². The number of carbonyl (C=O) groups excluding carboxylic acids is 1. The molecule has 0 N–H and O–H groups in total. The van der Waals surface area contributed by atoms with Crippen molar-refractivity contribution in [3.05, 3.63) is 11.6 Å². The van der Waals surface area contributed by atoms with Crippen molar-refractivity contribution in [1.82, 2.24) is 0 Å². The van der Waals surface area contributed by atoms with Crippen LogP contribution in [0.2, 0.25) is 0 Å². The summed E-state index contributed by atoms with van der Waals surface area (Å²) in [6.07, 6.45) is 13.6. The second-order valence-electron chi connectivity index (χ2n) is 10.1. The molecular formula is C23H36O. The molecule has 134 valence electrons. The maximum atomic E-state index is 11.9. The lowest BCUT2D eigenvalue weighted by Gasteiger charge is -2.58. The Balaban J connectivity index is 1.63. The molecule has 1 heteroatoms. The Labute approximate surface area is 148 Å². The first kappa shape index (κ1) is 16.9. The van der Waals surface area contributed by atoms with Crippen LogP contribution in [0.5, 0.6) is 0 Å². The van der Waals surface area contributed by atoms with E-state index in [2.05, 4.69) is 27.7 Å². The van der Waals surface area contributed by atoms with E-state index in [0.717, 1.165) is 42.4 Å². The fourth-order valence-electron chi connectivity index (χ4n) is 7.82. The number of ketones is 1. The van der Waals surface area contributed by atoms with Gasteiger partial charge in [0.1, 0.15) is 0 Å². The van der Waals surface area contributed by atoms with Crippen molar-refractivity contribution in [1.29, 1.82) is 0 Å². The van der Waals surface area contributed by atoms with E-state index in [1.165, 1.54) is 50.5 Å². The highest BCUT2D eigenvalue weighted by molar-refractivity contribution is 5.91. The fraction of sp³-hybridized carbons (Fsp3) is 0.870. The van der Waals surface area contributed by atoms with E-state index in [-0.39, 0.29) is 0 Å². The van der Waals surface area contributed by atoms with E-state index in [1.807, 2.05) is 6.08 Å². The molecule has 3 fully saturated rings. The molecule has 6 unspecified atom stereocenters. The normalized spacial score (nSPS) is 49.0. The Bertz CT molecular complexity index is 560. The van der Waals surface area contributed by atoms with Gasteiger partial charge in [0, 0.05) is 6.42 Å². The van der Waals surface area contributed by atoms with Gasteiger partial charge in [-0.25, -0.2) is 0 Å². The topological polar surface area (TPSA) is 17.1 Å². The summed E-state index contributed by atoms with van der Waals surface area (Å²) < 4.78 is 0. The summed E-state index contributed by atoms with van der Waals surface area (Å²) >= 11 is 0. The van der Waals surface area contributed by atoms with Crippen LogP contribution in [0.3, 0.4) is 0 Å². The fourth-order valence-corrected chi connectivity index (χ4v) is 7.82. The second-order valence-corrected chi connectivity index (χ2v) is 10.1. The summed E-state index contributed by atoms with van der Waals surface area (Å²) in [6.45, 7) is 10.0. The number of hydrogen-bond donors (Lipinski definition) is 0. The van der Waals surface area contributed by atoms with Crippen LogP contribution in [-0.4, -0.2) is 5.78 Å². The van der Waals surface area contributed by atoms with Crippen LogP contribution in [-0.2, 0) is 4.79 Å². The molecule has 0 aromatic rings. The lowest BCUT2D eigenvalue weighted by molar-refractivity contribution is -0.117. The highest BCUT2D eigenvalue weighted by Crippen LogP contribution is 2.67. The Kier molecular flexibility index (Phi) is 4.01. The van der Waals surface area contributed by atoms with Gasteiger partial charge in [-0.05, 0) is 91.4 Å². The predicted molar refractivity (Wildman–Crippen MR) is 99.7 cm³/mol. The molecule has 0 radical (unpaired) electrons. The molecule has 3 saturated carbocycles. The van der Waals surface area contributed by atoms with Gasteiger partial charge in [0.25, 0.3) is 0 Å². The SMILES string of the molecule is CC[C@@H](C)C1CCC2C3CCC4=CC(=O)CCC4(C)C3CCC21C. The lowest BCUT2D eigenvalue weighted by atomic mass is 9.46. The monoisotopic (exact) mass is 328 g/mol. The van der Waals surface area contributed by atoms with Crippen LogP contribution in [0, 0.1) is 40.4 Å². The molecule has 4 rings (SSSR count). The minimum atomic E-state index is 0.340. The van der Waals surface area contributed by atoms with Gasteiger partial charge in [0.05, 0.1) is 0 Å². The molecular weight excluding hydrogens is 292 g/mol. The average molecular weight is 329 g/mol. The first-order valence-electron chi connectivity index (χ1n) is 10.6. The maximum Gasteiger partial charge on any atom is 0.155 e. The third-order valence-corrected chi connectivity index (χ3v) is 9.37. The quantitative estimate of drug-likeness (QED) is 0.591. The van der Waals surface area contributed by atoms with E-state index < -0.39 is 0 Å². The van der Waals surface area contributed by atoms with Crippen molar-refractivity contribution in [3.63, 3.8) is 0 Å². The zero-order chi connectivity index (χ0) is 17.1. The molecule has 0 heterocycles. The zero-order valence-corrected chi connectivity index (χ0v) is 16.2. The standard InChI is InChI=1S/C23H36O/c1-5-15(2)19-8-9-20-18-7-6-16-14-17(24)10-12-22(16,3)21(18)11-13-23(19,20)4/h14-15,18-21H,5-13H2,1-4H3/t15-,18?,19?,20?,21?,22?,23?/m1/s1. The molecule has 0 aliphatic heterocycles. The van der Waals surface area contributed by atoms with Crippen LogP contribution in [0.4, 0.5) is 0 Å². The average Bonchev–Trinajstić information content (AvgIpc) is 2.92. The molecule has 0 amide bonds. The van der Waals surface area contributed by atoms with Crippen LogP contribution in [0.25, 0.3) is 0 Å². The molecule has 0 aromatic heterocycles. The van der Waals surface area contributed by atoms with Gasteiger partial charge in [0.2, 0.25) is 0 Å². The third-order valence-electron chi connectivity index (χ3n) is 9.37. The molecule has 4 aliphatic carbocycles. The first-order valence-corrected chi connectivity index (χ1v) is 10.6. The van der Waals surface area contributed by atoms with Gasteiger partial charge in [-0.3, -0.25) is 4.79 Å². The van der Waals surface area contributed by atoms with Gasteiger partial charge in [-0.1, -0.05) is 39.7 Å². The summed E-state index contributed by atoms with van der Waals surface area (Å²) in [5, 5.41) is 0. The second kappa shape index (κ2) is 5.71. The number of allylic oxidation sites excluding steroid dienone is 1. The van der Waals surface area contributed by atoms with Crippen LogP contribution < -0.4 is 0 Å². The Morgan fingerprint density at radius 3 is 2.62 bits per heavy atom. The van der Waals surface area contributed by atoms with Gasteiger partial charge in [-0.15, -0.1) is 0 Å². The summed E-state index contributed by atoms with van der Waals surface area (Å²) in [4.78, 5) is 11.9. The van der Waals surface area contributed by atoms with Gasteiger partial charge in [-0.2, -0.15) is 0 Å². The van der Waals surface area contributed by atoms with Crippen molar-refractivity contribution in [2.45, 2.75) is 85.5 Å². The summed E-state index contributed by atoms with van der Waals surface area (Å²) in [6, 6.07) is 0. The van der Waals surface area contributed by atoms with Crippen molar-refractivity contribution in [2.75, 3.05) is 0 Å². The number of fused-ring (bicyclic) bond motifs is 5. The van der Waals surface area contributed by atoms with E-state index in [4.69, 9.17) is 0 Å². The third kappa shape index (κ3) is 2.22. The minimum Gasteiger partial charge on any atom is -0.295 e. The van der Waals surface area contributed by atoms with Crippen molar-refractivity contribution < 1.29 is 4.79 Å². The van der Waals surface area contributed by atoms with Crippen LogP contribution >= 0.6 is 0 Å². The van der Waals surface area contributed by atoms with E-state index in [9.17, 15) is 4.79 Å². The molecule has 24 heavy (non-hydrogen) atoms.